The Hall–Kier alpha value is -2.60. The highest BCUT2D eigenvalue weighted by Crippen LogP contribution is 2.19. The second kappa shape index (κ2) is 9.27. The van der Waals surface area contributed by atoms with E-state index in [4.69, 9.17) is 11.6 Å². The molecule has 29 heavy (non-hydrogen) atoms. The molecule has 0 aromatic heterocycles. The number of nitrogens with zero attached hydrogens (tertiary/aromatic N) is 2. The van der Waals surface area contributed by atoms with Crippen LogP contribution in [0.1, 0.15) is 24.2 Å². The molecule has 1 aliphatic heterocycles. The molecule has 1 heterocycles. The number of anilines is 1. The van der Waals surface area contributed by atoms with Crippen LogP contribution in [-0.4, -0.2) is 48.9 Å². The first-order valence-electron chi connectivity index (χ1n) is 9.71. The van der Waals surface area contributed by atoms with Crippen LogP contribution in [0.2, 0.25) is 5.02 Å². The molecule has 1 atom stereocenters. The number of piperazine rings is 1. The molecule has 0 bridgehead atoms. The lowest BCUT2D eigenvalue weighted by atomic mass is 10.0. The van der Waals surface area contributed by atoms with Gasteiger partial charge in [0.1, 0.15) is 11.9 Å². The predicted octanol–water partition coefficient (Wildman–Crippen LogP) is 3.58. The largest absolute Gasteiger partial charge is 0.368 e. The Morgan fingerprint density at radius 3 is 2.21 bits per heavy atom. The van der Waals surface area contributed by atoms with E-state index in [2.05, 4.69) is 10.2 Å². The average molecular weight is 418 g/mol. The van der Waals surface area contributed by atoms with Gasteiger partial charge in [-0.15, -0.1) is 0 Å². The molecule has 2 amide bonds. The third-order valence-electron chi connectivity index (χ3n) is 5.12. The summed E-state index contributed by atoms with van der Waals surface area (Å²) in [6.45, 7) is 6.21. The first-order chi connectivity index (χ1) is 13.9. The Morgan fingerprint density at radius 2 is 1.62 bits per heavy atom. The summed E-state index contributed by atoms with van der Waals surface area (Å²) in [6, 6.07) is 12.5. The summed E-state index contributed by atoms with van der Waals surface area (Å²) in [5.74, 6) is -0.785. The molecule has 0 saturated carbocycles. The minimum Gasteiger partial charge on any atom is -0.368 e. The molecular weight excluding hydrogens is 393 g/mol. The Labute approximate surface area is 175 Å². The standard InChI is InChI=1S/C22H25ClFN3O2/c1-15(2)20(25-21(28)18-5-3-4-6-19(18)23)22(29)27-13-11-26(12-14-27)17-9-7-16(24)8-10-17/h3-10,15,20H,11-14H2,1-2H3,(H,25,28)/t20-/m0/s1. The quantitative estimate of drug-likeness (QED) is 0.809. The van der Waals surface area contributed by atoms with Crippen LogP contribution in [0.4, 0.5) is 10.1 Å². The molecule has 154 valence electrons. The Balaban J connectivity index is 1.63. The molecule has 0 spiro atoms. The summed E-state index contributed by atoms with van der Waals surface area (Å²) >= 11 is 6.11. The highest BCUT2D eigenvalue weighted by Gasteiger charge is 2.31. The number of amides is 2. The number of rotatable bonds is 5. The van der Waals surface area contributed by atoms with Gasteiger partial charge in [0.15, 0.2) is 0 Å². The van der Waals surface area contributed by atoms with Crippen molar-refractivity contribution in [1.82, 2.24) is 10.2 Å². The van der Waals surface area contributed by atoms with Crippen molar-refractivity contribution in [3.63, 3.8) is 0 Å². The molecule has 2 aromatic carbocycles. The number of carbonyl (C=O) groups is 2. The monoisotopic (exact) mass is 417 g/mol. The number of benzene rings is 2. The van der Waals surface area contributed by atoms with Gasteiger partial charge in [0, 0.05) is 31.9 Å². The lowest BCUT2D eigenvalue weighted by Crippen LogP contribution is -2.56. The molecule has 3 rings (SSSR count). The Morgan fingerprint density at radius 1 is 1.00 bits per heavy atom. The van der Waals surface area contributed by atoms with E-state index in [1.54, 1.807) is 41.3 Å². The van der Waals surface area contributed by atoms with E-state index in [1.807, 2.05) is 13.8 Å². The van der Waals surface area contributed by atoms with Crippen molar-refractivity contribution < 1.29 is 14.0 Å². The maximum atomic E-state index is 13.1. The molecule has 1 saturated heterocycles. The van der Waals surface area contributed by atoms with Gasteiger partial charge in [0.05, 0.1) is 10.6 Å². The first kappa shape index (κ1) is 21.1. The second-order valence-corrected chi connectivity index (χ2v) is 7.87. The third kappa shape index (κ3) is 5.07. The van der Waals surface area contributed by atoms with E-state index in [0.29, 0.717) is 36.8 Å². The Bertz CT molecular complexity index is 865. The third-order valence-corrected chi connectivity index (χ3v) is 5.45. The van der Waals surface area contributed by atoms with Crippen molar-refractivity contribution in [2.45, 2.75) is 19.9 Å². The van der Waals surface area contributed by atoms with E-state index in [-0.39, 0.29) is 23.5 Å². The molecule has 1 fully saturated rings. The van der Waals surface area contributed by atoms with Crippen molar-refractivity contribution in [3.05, 3.63) is 64.9 Å². The zero-order chi connectivity index (χ0) is 21.0. The van der Waals surface area contributed by atoms with Gasteiger partial charge >= 0.3 is 0 Å². The minimum absolute atomic E-state index is 0.0657. The molecule has 0 radical (unpaired) electrons. The van der Waals surface area contributed by atoms with E-state index in [0.717, 1.165) is 5.69 Å². The molecule has 0 unspecified atom stereocenters. The van der Waals surface area contributed by atoms with Gasteiger partial charge in [0.25, 0.3) is 5.91 Å². The van der Waals surface area contributed by atoms with Crippen LogP contribution >= 0.6 is 11.6 Å². The predicted molar refractivity (Wildman–Crippen MR) is 113 cm³/mol. The lowest BCUT2D eigenvalue weighted by molar-refractivity contribution is -0.134. The van der Waals surface area contributed by atoms with Crippen LogP contribution in [0.25, 0.3) is 0 Å². The summed E-state index contributed by atoms with van der Waals surface area (Å²) in [5, 5.41) is 3.20. The van der Waals surface area contributed by atoms with Crippen LogP contribution in [0, 0.1) is 11.7 Å². The van der Waals surface area contributed by atoms with Crippen molar-refractivity contribution in [2.24, 2.45) is 5.92 Å². The SMILES string of the molecule is CC(C)[C@H](NC(=O)c1ccccc1Cl)C(=O)N1CCN(c2ccc(F)cc2)CC1. The normalized spacial score (nSPS) is 15.3. The zero-order valence-electron chi connectivity index (χ0n) is 16.6. The van der Waals surface area contributed by atoms with Gasteiger partial charge in [-0.2, -0.15) is 0 Å². The Kier molecular flexibility index (Phi) is 6.75. The fourth-order valence-corrected chi connectivity index (χ4v) is 3.63. The van der Waals surface area contributed by atoms with E-state index in [1.165, 1.54) is 12.1 Å². The number of nitrogens with one attached hydrogen (secondary N) is 1. The maximum Gasteiger partial charge on any atom is 0.253 e. The molecule has 5 nitrogen and oxygen atoms in total. The fourth-order valence-electron chi connectivity index (χ4n) is 3.41. The van der Waals surface area contributed by atoms with Gasteiger partial charge < -0.3 is 15.1 Å². The molecular formula is C22H25ClFN3O2. The summed E-state index contributed by atoms with van der Waals surface area (Å²) in [6.07, 6.45) is 0. The zero-order valence-corrected chi connectivity index (χ0v) is 17.3. The molecule has 2 aromatic rings. The molecule has 7 heteroatoms. The number of carbonyl (C=O) groups excluding carboxylic acids is 2. The minimum atomic E-state index is -0.629. The van der Waals surface area contributed by atoms with Gasteiger partial charge in [-0.05, 0) is 42.3 Å². The second-order valence-electron chi connectivity index (χ2n) is 7.46. The summed E-state index contributed by atoms with van der Waals surface area (Å²) in [5.41, 5.74) is 1.29. The van der Waals surface area contributed by atoms with Crippen LogP contribution in [-0.2, 0) is 4.79 Å². The van der Waals surface area contributed by atoms with Gasteiger partial charge in [-0.1, -0.05) is 37.6 Å². The topological polar surface area (TPSA) is 52.7 Å². The van der Waals surface area contributed by atoms with Crippen molar-refractivity contribution in [1.29, 1.82) is 0 Å². The first-order valence-corrected chi connectivity index (χ1v) is 10.1. The highest BCUT2D eigenvalue weighted by atomic mass is 35.5. The smallest absolute Gasteiger partial charge is 0.253 e. The van der Waals surface area contributed by atoms with Crippen LogP contribution in [0.15, 0.2) is 48.5 Å². The fraction of sp³-hybridized carbons (Fsp3) is 0.364. The number of halogens is 2. The van der Waals surface area contributed by atoms with Crippen molar-refractivity contribution >= 4 is 29.1 Å². The molecule has 0 aliphatic carbocycles. The summed E-state index contributed by atoms with van der Waals surface area (Å²) in [7, 11) is 0. The van der Waals surface area contributed by atoms with Gasteiger partial charge in [0.2, 0.25) is 5.91 Å². The highest BCUT2D eigenvalue weighted by molar-refractivity contribution is 6.33. The number of hydrogen-bond donors (Lipinski definition) is 1. The van der Waals surface area contributed by atoms with Gasteiger partial charge in [-0.25, -0.2) is 4.39 Å². The van der Waals surface area contributed by atoms with Gasteiger partial charge in [-0.3, -0.25) is 9.59 Å². The van der Waals surface area contributed by atoms with Crippen LogP contribution in [0.3, 0.4) is 0 Å². The summed E-state index contributed by atoms with van der Waals surface area (Å²) < 4.78 is 13.1. The van der Waals surface area contributed by atoms with Crippen molar-refractivity contribution in [3.8, 4) is 0 Å². The van der Waals surface area contributed by atoms with Crippen LogP contribution < -0.4 is 10.2 Å². The van der Waals surface area contributed by atoms with E-state index < -0.39 is 6.04 Å². The summed E-state index contributed by atoms with van der Waals surface area (Å²) in [4.78, 5) is 29.6. The number of hydrogen-bond acceptors (Lipinski definition) is 3. The lowest BCUT2D eigenvalue weighted by Gasteiger charge is -2.38. The van der Waals surface area contributed by atoms with E-state index in [9.17, 15) is 14.0 Å². The van der Waals surface area contributed by atoms with Crippen LogP contribution in [0.5, 0.6) is 0 Å². The average Bonchev–Trinajstić information content (AvgIpc) is 2.72. The van der Waals surface area contributed by atoms with E-state index >= 15 is 0 Å². The maximum absolute atomic E-state index is 13.1. The molecule has 1 N–H and O–H groups in total. The van der Waals surface area contributed by atoms with Crippen molar-refractivity contribution in [2.75, 3.05) is 31.1 Å². The molecule has 1 aliphatic rings.